The molecule has 2 N–H and O–H groups in total. The predicted molar refractivity (Wildman–Crippen MR) is 68.8 cm³/mol. The SMILES string of the molecule is CCCC(N)c1nc(-c2ncc(C)cc2C)no1. The molecule has 0 aliphatic rings. The van der Waals surface area contributed by atoms with Gasteiger partial charge in [0.2, 0.25) is 11.7 Å². The van der Waals surface area contributed by atoms with Crippen LogP contribution in [0.3, 0.4) is 0 Å². The average molecular weight is 246 g/mol. The van der Waals surface area contributed by atoms with Gasteiger partial charge in [0, 0.05) is 6.20 Å². The van der Waals surface area contributed by atoms with E-state index in [2.05, 4.69) is 22.0 Å². The fourth-order valence-corrected chi connectivity index (χ4v) is 1.87. The van der Waals surface area contributed by atoms with E-state index in [1.54, 1.807) is 6.20 Å². The molecular weight excluding hydrogens is 228 g/mol. The molecule has 0 spiro atoms. The molecule has 0 radical (unpaired) electrons. The largest absolute Gasteiger partial charge is 0.337 e. The topological polar surface area (TPSA) is 77.8 Å². The molecule has 0 aliphatic heterocycles. The lowest BCUT2D eigenvalue weighted by Crippen LogP contribution is -2.09. The molecule has 18 heavy (non-hydrogen) atoms. The van der Waals surface area contributed by atoms with Crippen molar-refractivity contribution in [3.8, 4) is 11.5 Å². The third kappa shape index (κ3) is 2.56. The van der Waals surface area contributed by atoms with Gasteiger partial charge in [-0.15, -0.1) is 0 Å². The normalized spacial score (nSPS) is 12.7. The maximum atomic E-state index is 5.94. The molecule has 2 rings (SSSR count). The van der Waals surface area contributed by atoms with Gasteiger partial charge in [-0.05, 0) is 31.4 Å². The van der Waals surface area contributed by atoms with Crippen molar-refractivity contribution in [3.05, 3.63) is 29.3 Å². The maximum Gasteiger partial charge on any atom is 0.243 e. The zero-order valence-corrected chi connectivity index (χ0v) is 11.0. The summed E-state index contributed by atoms with van der Waals surface area (Å²) in [6.45, 7) is 6.06. The first kappa shape index (κ1) is 12.7. The quantitative estimate of drug-likeness (QED) is 0.896. The highest BCUT2D eigenvalue weighted by Crippen LogP contribution is 2.21. The van der Waals surface area contributed by atoms with E-state index >= 15 is 0 Å². The summed E-state index contributed by atoms with van der Waals surface area (Å²) >= 11 is 0. The second kappa shape index (κ2) is 5.27. The maximum absolute atomic E-state index is 5.94. The van der Waals surface area contributed by atoms with Gasteiger partial charge in [0.25, 0.3) is 0 Å². The van der Waals surface area contributed by atoms with Gasteiger partial charge in [-0.25, -0.2) is 0 Å². The van der Waals surface area contributed by atoms with E-state index in [0.717, 1.165) is 29.7 Å². The molecule has 2 aromatic heterocycles. The number of aryl methyl sites for hydroxylation is 2. The van der Waals surface area contributed by atoms with Crippen LogP contribution in [0.2, 0.25) is 0 Å². The molecule has 0 saturated carbocycles. The van der Waals surface area contributed by atoms with Crippen LogP contribution in [0.5, 0.6) is 0 Å². The summed E-state index contributed by atoms with van der Waals surface area (Å²) in [5, 5.41) is 3.95. The minimum Gasteiger partial charge on any atom is -0.337 e. The molecule has 0 aromatic carbocycles. The van der Waals surface area contributed by atoms with Gasteiger partial charge in [0.15, 0.2) is 0 Å². The summed E-state index contributed by atoms with van der Waals surface area (Å²) in [5.74, 6) is 0.989. The van der Waals surface area contributed by atoms with Crippen molar-refractivity contribution in [3.63, 3.8) is 0 Å². The first-order valence-corrected chi connectivity index (χ1v) is 6.14. The van der Waals surface area contributed by atoms with Gasteiger partial charge < -0.3 is 10.3 Å². The van der Waals surface area contributed by atoms with E-state index in [4.69, 9.17) is 10.3 Å². The lowest BCUT2D eigenvalue weighted by Gasteiger charge is -2.02. The predicted octanol–water partition coefficient (Wildman–Crippen LogP) is 2.55. The van der Waals surface area contributed by atoms with Crippen molar-refractivity contribution in [2.24, 2.45) is 5.73 Å². The van der Waals surface area contributed by atoms with E-state index in [1.807, 2.05) is 19.9 Å². The molecular formula is C13H18N4O. The fraction of sp³-hybridized carbons (Fsp3) is 0.462. The Hall–Kier alpha value is -1.75. The Labute approximate surface area is 106 Å². The Morgan fingerprint density at radius 2 is 2.17 bits per heavy atom. The van der Waals surface area contributed by atoms with Crippen LogP contribution in [0.4, 0.5) is 0 Å². The van der Waals surface area contributed by atoms with Crippen LogP contribution in [0.25, 0.3) is 11.5 Å². The van der Waals surface area contributed by atoms with Crippen LogP contribution in [0.1, 0.15) is 42.8 Å². The van der Waals surface area contributed by atoms with Gasteiger partial charge >= 0.3 is 0 Å². The summed E-state index contributed by atoms with van der Waals surface area (Å²) in [6.07, 6.45) is 3.62. The molecule has 5 nitrogen and oxygen atoms in total. The monoisotopic (exact) mass is 246 g/mol. The molecule has 2 heterocycles. The number of nitrogens with two attached hydrogens (primary N) is 1. The Balaban J connectivity index is 2.29. The standard InChI is InChI=1S/C13H18N4O/c1-4-5-10(14)13-16-12(17-18-13)11-9(3)6-8(2)7-15-11/h6-7,10H,4-5,14H2,1-3H3. The van der Waals surface area contributed by atoms with Gasteiger partial charge in [-0.1, -0.05) is 24.6 Å². The zero-order chi connectivity index (χ0) is 13.1. The van der Waals surface area contributed by atoms with Crippen LogP contribution >= 0.6 is 0 Å². The third-order valence-corrected chi connectivity index (χ3v) is 2.79. The lowest BCUT2D eigenvalue weighted by atomic mass is 10.1. The van der Waals surface area contributed by atoms with Gasteiger partial charge in [0.05, 0.1) is 6.04 Å². The third-order valence-electron chi connectivity index (χ3n) is 2.79. The minimum absolute atomic E-state index is 0.193. The average Bonchev–Trinajstić information content (AvgIpc) is 2.78. The van der Waals surface area contributed by atoms with Crippen molar-refractivity contribution in [2.45, 2.75) is 39.7 Å². The molecule has 0 fully saturated rings. The molecule has 2 aromatic rings. The molecule has 1 unspecified atom stereocenters. The summed E-state index contributed by atoms with van der Waals surface area (Å²) < 4.78 is 5.19. The van der Waals surface area contributed by atoms with Crippen LogP contribution in [-0.4, -0.2) is 15.1 Å². The van der Waals surface area contributed by atoms with Crippen LogP contribution in [-0.2, 0) is 0 Å². The van der Waals surface area contributed by atoms with E-state index < -0.39 is 0 Å². The van der Waals surface area contributed by atoms with E-state index in [-0.39, 0.29) is 6.04 Å². The first-order chi connectivity index (χ1) is 8.61. The number of nitrogens with zero attached hydrogens (tertiary/aromatic N) is 3. The highest BCUT2D eigenvalue weighted by Gasteiger charge is 2.16. The smallest absolute Gasteiger partial charge is 0.243 e. The Kier molecular flexibility index (Phi) is 3.72. The number of rotatable bonds is 4. The summed E-state index contributed by atoms with van der Waals surface area (Å²) in [7, 11) is 0. The van der Waals surface area contributed by atoms with Crippen molar-refractivity contribution in [1.29, 1.82) is 0 Å². The van der Waals surface area contributed by atoms with Gasteiger partial charge in [-0.3, -0.25) is 4.98 Å². The Morgan fingerprint density at radius 3 is 2.83 bits per heavy atom. The summed E-state index contributed by atoms with van der Waals surface area (Å²) in [4.78, 5) is 8.67. The molecule has 96 valence electrons. The zero-order valence-electron chi connectivity index (χ0n) is 11.0. The van der Waals surface area contributed by atoms with Gasteiger partial charge in [-0.2, -0.15) is 4.98 Å². The lowest BCUT2D eigenvalue weighted by molar-refractivity contribution is 0.348. The van der Waals surface area contributed by atoms with E-state index in [1.165, 1.54) is 0 Å². The van der Waals surface area contributed by atoms with Crippen molar-refractivity contribution >= 4 is 0 Å². The molecule has 0 bridgehead atoms. The highest BCUT2D eigenvalue weighted by atomic mass is 16.5. The second-order valence-corrected chi connectivity index (χ2v) is 4.53. The summed E-state index contributed by atoms with van der Waals surface area (Å²) in [6, 6.07) is 1.85. The van der Waals surface area contributed by atoms with Crippen molar-refractivity contribution < 1.29 is 4.52 Å². The molecule has 0 aliphatic carbocycles. The number of pyridine rings is 1. The number of aromatic nitrogens is 3. The fourth-order valence-electron chi connectivity index (χ4n) is 1.87. The highest BCUT2D eigenvalue weighted by molar-refractivity contribution is 5.54. The molecule has 1 atom stereocenters. The van der Waals surface area contributed by atoms with Crippen molar-refractivity contribution in [1.82, 2.24) is 15.1 Å². The summed E-state index contributed by atoms with van der Waals surface area (Å²) in [5.41, 5.74) is 8.84. The van der Waals surface area contributed by atoms with E-state index in [9.17, 15) is 0 Å². The van der Waals surface area contributed by atoms with Crippen LogP contribution in [0.15, 0.2) is 16.8 Å². The van der Waals surface area contributed by atoms with Crippen LogP contribution in [0, 0.1) is 13.8 Å². The first-order valence-electron chi connectivity index (χ1n) is 6.14. The van der Waals surface area contributed by atoms with Crippen molar-refractivity contribution in [2.75, 3.05) is 0 Å². The van der Waals surface area contributed by atoms with Gasteiger partial charge in [0.1, 0.15) is 5.69 Å². The Morgan fingerprint density at radius 1 is 1.39 bits per heavy atom. The molecule has 5 heteroatoms. The minimum atomic E-state index is -0.193. The number of hydrogen-bond acceptors (Lipinski definition) is 5. The molecule has 0 amide bonds. The number of hydrogen-bond donors (Lipinski definition) is 1. The Bertz CT molecular complexity index is 536. The second-order valence-electron chi connectivity index (χ2n) is 4.53. The molecule has 0 saturated heterocycles. The van der Waals surface area contributed by atoms with Crippen LogP contribution < -0.4 is 5.73 Å². The van der Waals surface area contributed by atoms with E-state index in [0.29, 0.717) is 11.7 Å².